The largest absolute Gasteiger partial charge is 0.357 e. The normalized spacial score (nSPS) is 12.6. The van der Waals surface area contributed by atoms with Gasteiger partial charge in [-0.2, -0.15) is 0 Å². The van der Waals surface area contributed by atoms with Gasteiger partial charge in [0.25, 0.3) is 0 Å². The number of nitrogens with zero attached hydrogens (tertiary/aromatic N) is 3. The number of hydrogen-bond acceptors (Lipinski definition) is 4. The van der Waals surface area contributed by atoms with Crippen LogP contribution >= 0.6 is 0 Å². The lowest BCUT2D eigenvalue weighted by atomic mass is 10.2. The van der Waals surface area contributed by atoms with Gasteiger partial charge in [0, 0.05) is 24.8 Å². The van der Waals surface area contributed by atoms with Crippen LogP contribution in [0, 0.1) is 6.92 Å². The van der Waals surface area contributed by atoms with Gasteiger partial charge in [-0.3, -0.25) is 0 Å². The third-order valence-corrected chi connectivity index (χ3v) is 2.85. The topological polar surface area (TPSA) is 55.0 Å². The first-order valence-corrected chi connectivity index (χ1v) is 5.86. The number of anilines is 1. The van der Waals surface area contributed by atoms with E-state index < -0.39 is 0 Å². The first-order chi connectivity index (χ1) is 7.58. The molecule has 4 nitrogen and oxygen atoms in total. The molecule has 0 aliphatic rings. The molecule has 0 spiro atoms. The molecule has 0 radical (unpaired) electrons. The second kappa shape index (κ2) is 5.80. The molecule has 1 atom stereocenters. The summed E-state index contributed by atoms with van der Waals surface area (Å²) in [5.41, 5.74) is 6.66. The van der Waals surface area contributed by atoms with E-state index in [1.807, 2.05) is 6.92 Å². The lowest BCUT2D eigenvalue weighted by Gasteiger charge is -2.26. The number of hydrogen-bond donors (Lipinski definition) is 1. The van der Waals surface area contributed by atoms with Crippen LogP contribution in [-0.4, -0.2) is 29.6 Å². The molecule has 0 amide bonds. The molecular formula is C12H22N4. The van der Waals surface area contributed by atoms with Crippen molar-refractivity contribution in [3.8, 4) is 0 Å². The van der Waals surface area contributed by atoms with Crippen LogP contribution in [0.2, 0.25) is 0 Å². The van der Waals surface area contributed by atoms with Gasteiger partial charge in [0.2, 0.25) is 0 Å². The van der Waals surface area contributed by atoms with Crippen LogP contribution in [0.15, 0.2) is 6.07 Å². The van der Waals surface area contributed by atoms with E-state index in [4.69, 9.17) is 5.73 Å². The molecule has 90 valence electrons. The fraction of sp³-hybridized carbons (Fsp3) is 0.667. The molecule has 16 heavy (non-hydrogen) atoms. The molecule has 0 aliphatic carbocycles. The summed E-state index contributed by atoms with van der Waals surface area (Å²) in [6.45, 7) is 6.91. The fourth-order valence-electron chi connectivity index (χ4n) is 1.63. The zero-order chi connectivity index (χ0) is 12.1. The highest BCUT2D eigenvalue weighted by Gasteiger charge is 2.11. The Kier molecular flexibility index (Phi) is 4.68. The fourth-order valence-corrected chi connectivity index (χ4v) is 1.63. The minimum atomic E-state index is 0.406. The maximum absolute atomic E-state index is 5.57. The van der Waals surface area contributed by atoms with Gasteiger partial charge in [0.05, 0.1) is 0 Å². The summed E-state index contributed by atoms with van der Waals surface area (Å²) in [7, 11) is 2.06. The minimum Gasteiger partial charge on any atom is -0.357 e. The Morgan fingerprint density at radius 1 is 1.44 bits per heavy atom. The molecule has 0 bridgehead atoms. The van der Waals surface area contributed by atoms with Crippen molar-refractivity contribution in [1.29, 1.82) is 0 Å². The molecule has 0 fully saturated rings. The second-order valence-electron chi connectivity index (χ2n) is 4.16. The van der Waals surface area contributed by atoms with Crippen LogP contribution in [0.1, 0.15) is 31.8 Å². The average molecular weight is 222 g/mol. The van der Waals surface area contributed by atoms with Crippen molar-refractivity contribution in [2.75, 3.05) is 18.5 Å². The molecule has 0 saturated heterocycles. The molecule has 1 aromatic rings. The van der Waals surface area contributed by atoms with E-state index >= 15 is 0 Å². The van der Waals surface area contributed by atoms with E-state index in [0.717, 1.165) is 30.2 Å². The van der Waals surface area contributed by atoms with E-state index in [-0.39, 0.29) is 0 Å². The van der Waals surface area contributed by atoms with Crippen LogP contribution in [-0.2, 0) is 6.42 Å². The lowest BCUT2D eigenvalue weighted by Crippen LogP contribution is -2.31. The van der Waals surface area contributed by atoms with Crippen molar-refractivity contribution in [1.82, 2.24) is 9.97 Å². The van der Waals surface area contributed by atoms with E-state index in [9.17, 15) is 0 Å². The number of aryl methyl sites for hydroxylation is 2. The molecular weight excluding hydrogens is 200 g/mol. The van der Waals surface area contributed by atoms with Gasteiger partial charge in [0.1, 0.15) is 11.6 Å². The van der Waals surface area contributed by atoms with Gasteiger partial charge in [-0.25, -0.2) is 9.97 Å². The Balaban J connectivity index is 2.89. The molecule has 0 saturated carbocycles. The zero-order valence-electron chi connectivity index (χ0n) is 10.7. The maximum Gasteiger partial charge on any atom is 0.132 e. The highest BCUT2D eigenvalue weighted by molar-refractivity contribution is 5.39. The van der Waals surface area contributed by atoms with Gasteiger partial charge in [-0.05, 0) is 33.2 Å². The molecule has 4 heteroatoms. The summed E-state index contributed by atoms with van der Waals surface area (Å²) in [4.78, 5) is 11.0. The summed E-state index contributed by atoms with van der Waals surface area (Å²) < 4.78 is 0. The summed E-state index contributed by atoms with van der Waals surface area (Å²) >= 11 is 0. The number of aromatic nitrogens is 2. The Labute approximate surface area is 97.9 Å². The van der Waals surface area contributed by atoms with Crippen LogP contribution in [0.3, 0.4) is 0 Å². The van der Waals surface area contributed by atoms with Gasteiger partial charge in [-0.1, -0.05) is 6.92 Å². The number of rotatable bonds is 5. The van der Waals surface area contributed by atoms with Crippen molar-refractivity contribution in [3.05, 3.63) is 17.6 Å². The average Bonchev–Trinajstić information content (AvgIpc) is 2.27. The van der Waals surface area contributed by atoms with Gasteiger partial charge < -0.3 is 10.6 Å². The lowest BCUT2D eigenvalue weighted by molar-refractivity contribution is 0.627. The smallest absolute Gasteiger partial charge is 0.132 e. The minimum absolute atomic E-state index is 0.406. The first-order valence-electron chi connectivity index (χ1n) is 5.86. The number of nitrogens with two attached hydrogens (primary N) is 1. The molecule has 1 unspecified atom stereocenters. The highest BCUT2D eigenvalue weighted by Crippen LogP contribution is 2.15. The summed E-state index contributed by atoms with van der Waals surface area (Å²) in [6, 6.07) is 2.46. The molecule has 1 rings (SSSR count). The van der Waals surface area contributed by atoms with Crippen molar-refractivity contribution in [3.63, 3.8) is 0 Å². The second-order valence-corrected chi connectivity index (χ2v) is 4.16. The van der Waals surface area contributed by atoms with Gasteiger partial charge in [-0.15, -0.1) is 0 Å². The van der Waals surface area contributed by atoms with Crippen molar-refractivity contribution in [2.45, 2.75) is 39.7 Å². The highest BCUT2D eigenvalue weighted by atomic mass is 15.2. The van der Waals surface area contributed by atoms with Crippen molar-refractivity contribution in [2.24, 2.45) is 5.73 Å². The summed E-state index contributed by atoms with van der Waals surface area (Å²) in [5.74, 6) is 1.83. The molecule has 0 aromatic carbocycles. The molecule has 1 heterocycles. The first kappa shape index (κ1) is 12.9. The van der Waals surface area contributed by atoms with Crippen molar-refractivity contribution >= 4 is 5.82 Å². The third kappa shape index (κ3) is 3.17. The Morgan fingerprint density at radius 3 is 2.69 bits per heavy atom. The monoisotopic (exact) mass is 222 g/mol. The summed E-state index contributed by atoms with van der Waals surface area (Å²) in [5, 5.41) is 0. The molecule has 1 aromatic heterocycles. The quantitative estimate of drug-likeness (QED) is 0.820. The van der Waals surface area contributed by atoms with E-state index in [1.54, 1.807) is 0 Å². The van der Waals surface area contributed by atoms with Gasteiger partial charge in [0.15, 0.2) is 0 Å². The third-order valence-electron chi connectivity index (χ3n) is 2.85. The Hall–Kier alpha value is -1.16. The molecule has 0 aliphatic heterocycles. The van der Waals surface area contributed by atoms with Crippen LogP contribution in [0.4, 0.5) is 5.82 Å². The predicted octanol–water partition coefficient (Wildman–Crippen LogP) is 1.52. The predicted molar refractivity (Wildman–Crippen MR) is 67.7 cm³/mol. The van der Waals surface area contributed by atoms with Gasteiger partial charge >= 0.3 is 0 Å². The van der Waals surface area contributed by atoms with Crippen LogP contribution < -0.4 is 10.6 Å². The van der Waals surface area contributed by atoms with Crippen molar-refractivity contribution < 1.29 is 0 Å². The zero-order valence-corrected chi connectivity index (χ0v) is 10.7. The van der Waals surface area contributed by atoms with Crippen LogP contribution in [0.25, 0.3) is 0 Å². The summed E-state index contributed by atoms with van der Waals surface area (Å²) in [6.07, 6.45) is 1.91. The Bertz CT molecular complexity index is 338. The Morgan fingerprint density at radius 2 is 2.12 bits per heavy atom. The van der Waals surface area contributed by atoms with E-state index in [2.05, 4.69) is 41.8 Å². The SMILES string of the molecule is CCc1cc(N(C)C(C)CCN)nc(C)n1. The van der Waals surface area contributed by atoms with E-state index in [0.29, 0.717) is 12.6 Å². The maximum atomic E-state index is 5.57. The molecule has 2 N–H and O–H groups in total. The standard InChI is InChI=1S/C12H22N4/c1-5-11-8-12(15-10(3)14-11)16(4)9(2)6-7-13/h8-9H,5-7,13H2,1-4H3. The van der Waals surface area contributed by atoms with E-state index in [1.165, 1.54) is 0 Å². The van der Waals surface area contributed by atoms with Crippen LogP contribution in [0.5, 0.6) is 0 Å².